The minimum Gasteiger partial charge on any atom is -0.389 e. The summed E-state index contributed by atoms with van der Waals surface area (Å²) in [6.07, 6.45) is 1.61. The molecule has 2 N–H and O–H groups in total. The quantitative estimate of drug-likeness (QED) is 0.701. The van der Waals surface area contributed by atoms with Gasteiger partial charge in [0.2, 0.25) is 0 Å². The van der Waals surface area contributed by atoms with E-state index in [1.54, 1.807) is 6.20 Å². The molecule has 0 aliphatic rings. The molecule has 0 saturated carbocycles. The van der Waals surface area contributed by atoms with Gasteiger partial charge in [0.25, 0.3) is 0 Å². The molecule has 4 nitrogen and oxygen atoms in total. The van der Waals surface area contributed by atoms with Crippen LogP contribution in [0.15, 0.2) is 72.9 Å². The summed E-state index contributed by atoms with van der Waals surface area (Å²) in [5, 5.41) is 8.33. The SMILES string of the molecule is NC(=S)c1ccnnc1N(Cc1ccccc1)Cc1ccccc1. The van der Waals surface area contributed by atoms with Crippen molar-refractivity contribution in [2.45, 2.75) is 13.1 Å². The molecule has 0 bridgehead atoms. The van der Waals surface area contributed by atoms with E-state index in [0.29, 0.717) is 23.9 Å². The van der Waals surface area contributed by atoms with E-state index < -0.39 is 0 Å². The molecule has 3 aromatic rings. The van der Waals surface area contributed by atoms with E-state index in [-0.39, 0.29) is 0 Å². The maximum atomic E-state index is 5.88. The normalized spacial score (nSPS) is 10.3. The first-order chi connectivity index (χ1) is 11.7. The van der Waals surface area contributed by atoms with Gasteiger partial charge in [-0.2, -0.15) is 5.10 Å². The van der Waals surface area contributed by atoms with Crippen LogP contribution in [-0.2, 0) is 13.1 Å². The highest BCUT2D eigenvalue weighted by molar-refractivity contribution is 7.80. The lowest BCUT2D eigenvalue weighted by atomic mass is 10.1. The molecule has 120 valence electrons. The molecule has 0 unspecified atom stereocenters. The number of nitrogens with zero attached hydrogens (tertiary/aromatic N) is 3. The van der Waals surface area contributed by atoms with Gasteiger partial charge in [0.1, 0.15) is 4.99 Å². The first-order valence-electron chi connectivity index (χ1n) is 7.68. The average Bonchev–Trinajstić information content (AvgIpc) is 2.63. The van der Waals surface area contributed by atoms with Crippen LogP contribution < -0.4 is 10.6 Å². The minimum atomic E-state index is 0.325. The predicted octanol–water partition coefficient (Wildman–Crippen LogP) is 3.32. The lowest BCUT2D eigenvalue weighted by Crippen LogP contribution is -2.27. The lowest BCUT2D eigenvalue weighted by molar-refractivity contribution is 0.767. The summed E-state index contributed by atoms with van der Waals surface area (Å²) < 4.78 is 0. The van der Waals surface area contributed by atoms with Crippen LogP contribution in [0.5, 0.6) is 0 Å². The van der Waals surface area contributed by atoms with Crippen molar-refractivity contribution in [3.8, 4) is 0 Å². The maximum absolute atomic E-state index is 5.88. The molecule has 0 saturated heterocycles. The molecule has 0 aliphatic heterocycles. The Bertz CT molecular complexity index is 764. The summed E-state index contributed by atoms with van der Waals surface area (Å²) in [6.45, 7) is 1.40. The van der Waals surface area contributed by atoms with Gasteiger partial charge in [-0.1, -0.05) is 72.9 Å². The van der Waals surface area contributed by atoms with Crippen LogP contribution in [0.1, 0.15) is 16.7 Å². The fourth-order valence-electron chi connectivity index (χ4n) is 2.56. The molecule has 1 heterocycles. The van der Waals surface area contributed by atoms with Gasteiger partial charge in [-0.05, 0) is 17.2 Å². The molecule has 0 amide bonds. The monoisotopic (exact) mass is 334 g/mol. The average molecular weight is 334 g/mol. The molecule has 2 aromatic carbocycles. The maximum Gasteiger partial charge on any atom is 0.162 e. The molecular weight excluding hydrogens is 316 g/mol. The Morgan fingerprint density at radius 1 is 0.875 bits per heavy atom. The van der Waals surface area contributed by atoms with Gasteiger partial charge in [-0.25, -0.2) is 0 Å². The zero-order valence-electron chi connectivity index (χ0n) is 13.2. The standard InChI is InChI=1S/C19H18N4S/c20-18(24)17-11-12-21-22-19(17)23(13-15-7-3-1-4-8-15)14-16-9-5-2-6-10-16/h1-12H,13-14H2,(H2,20,24). The number of nitrogens with two attached hydrogens (primary N) is 1. The third-order valence-electron chi connectivity index (χ3n) is 3.70. The highest BCUT2D eigenvalue weighted by atomic mass is 32.1. The Morgan fingerprint density at radius 3 is 1.92 bits per heavy atom. The van der Waals surface area contributed by atoms with Gasteiger partial charge in [0, 0.05) is 13.1 Å². The van der Waals surface area contributed by atoms with E-state index in [9.17, 15) is 0 Å². The first kappa shape index (κ1) is 16.1. The van der Waals surface area contributed by atoms with Gasteiger partial charge >= 0.3 is 0 Å². The van der Waals surface area contributed by atoms with Crippen LogP contribution in [0.4, 0.5) is 5.82 Å². The van der Waals surface area contributed by atoms with Crippen molar-refractivity contribution in [1.82, 2.24) is 10.2 Å². The Kier molecular flexibility index (Phi) is 5.13. The topological polar surface area (TPSA) is 55.0 Å². The zero-order valence-corrected chi connectivity index (χ0v) is 14.0. The van der Waals surface area contributed by atoms with Crippen LogP contribution in [0.2, 0.25) is 0 Å². The molecule has 24 heavy (non-hydrogen) atoms. The summed E-state index contributed by atoms with van der Waals surface area (Å²) in [7, 11) is 0. The van der Waals surface area contributed by atoms with E-state index in [1.807, 2.05) is 42.5 Å². The van der Waals surface area contributed by atoms with Crippen molar-refractivity contribution >= 4 is 23.0 Å². The molecule has 0 aliphatic carbocycles. The number of anilines is 1. The van der Waals surface area contributed by atoms with Crippen molar-refractivity contribution in [3.05, 3.63) is 89.6 Å². The van der Waals surface area contributed by atoms with Gasteiger partial charge in [-0.15, -0.1) is 5.10 Å². The van der Waals surface area contributed by atoms with Crippen molar-refractivity contribution in [3.63, 3.8) is 0 Å². The number of hydrogen-bond donors (Lipinski definition) is 1. The third kappa shape index (κ3) is 3.94. The second-order valence-corrected chi connectivity index (χ2v) is 5.90. The molecule has 1 aromatic heterocycles. The molecule has 0 fully saturated rings. The van der Waals surface area contributed by atoms with Crippen LogP contribution >= 0.6 is 12.2 Å². The van der Waals surface area contributed by atoms with E-state index >= 15 is 0 Å². The second-order valence-electron chi connectivity index (χ2n) is 5.46. The van der Waals surface area contributed by atoms with Gasteiger partial charge < -0.3 is 10.6 Å². The van der Waals surface area contributed by atoms with Crippen molar-refractivity contribution in [2.75, 3.05) is 4.90 Å². The van der Waals surface area contributed by atoms with Crippen LogP contribution in [0, 0.1) is 0 Å². The summed E-state index contributed by atoms with van der Waals surface area (Å²) in [4.78, 5) is 2.47. The van der Waals surface area contributed by atoms with E-state index in [0.717, 1.165) is 5.56 Å². The van der Waals surface area contributed by atoms with E-state index in [4.69, 9.17) is 18.0 Å². The van der Waals surface area contributed by atoms with Crippen molar-refractivity contribution < 1.29 is 0 Å². The molecule has 0 radical (unpaired) electrons. The Hall–Kier alpha value is -2.79. The highest BCUT2D eigenvalue weighted by Gasteiger charge is 2.16. The highest BCUT2D eigenvalue weighted by Crippen LogP contribution is 2.21. The molecule has 0 spiro atoms. The summed E-state index contributed by atoms with van der Waals surface area (Å²) in [5.74, 6) is 0.706. The molecule has 5 heteroatoms. The number of aromatic nitrogens is 2. The largest absolute Gasteiger partial charge is 0.389 e. The van der Waals surface area contributed by atoms with E-state index in [2.05, 4.69) is 39.4 Å². The Labute approximate surface area is 147 Å². The number of rotatable bonds is 6. The zero-order chi connectivity index (χ0) is 16.8. The van der Waals surface area contributed by atoms with Crippen LogP contribution in [0.25, 0.3) is 0 Å². The minimum absolute atomic E-state index is 0.325. The lowest BCUT2D eigenvalue weighted by Gasteiger charge is -2.25. The van der Waals surface area contributed by atoms with Crippen LogP contribution in [0.3, 0.4) is 0 Å². The van der Waals surface area contributed by atoms with Gasteiger partial charge in [-0.3, -0.25) is 0 Å². The summed E-state index contributed by atoms with van der Waals surface area (Å²) in [6, 6.07) is 22.3. The number of hydrogen-bond acceptors (Lipinski definition) is 4. The molecule has 0 atom stereocenters. The number of benzene rings is 2. The van der Waals surface area contributed by atoms with Crippen molar-refractivity contribution in [1.29, 1.82) is 0 Å². The van der Waals surface area contributed by atoms with Gasteiger partial charge in [0.15, 0.2) is 5.82 Å². The van der Waals surface area contributed by atoms with Crippen LogP contribution in [-0.4, -0.2) is 15.2 Å². The third-order valence-corrected chi connectivity index (χ3v) is 3.92. The summed E-state index contributed by atoms with van der Waals surface area (Å²) >= 11 is 5.18. The smallest absolute Gasteiger partial charge is 0.162 e. The summed E-state index contributed by atoms with van der Waals surface area (Å²) in [5.41, 5.74) is 8.99. The fourth-order valence-corrected chi connectivity index (χ4v) is 2.72. The molecule has 3 rings (SSSR count). The predicted molar refractivity (Wildman–Crippen MR) is 101 cm³/mol. The van der Waals surface area contributed by atoms with Crippen molar-refractivity contribution in [2.24, 2.45) is 5.73 Å². The Morgan fingerprint density at radius 2 is 1.42 bits per heavy atom. The van der Waals surface area contributed by atoms with E-state index in [1.165, 1.54) is 11.1 Å². The molecular formula is C19H18N4S. The Balaban J connectivity index is 1.97. The fraction of sp³-hybridized carbons (Fsp3) is 0.105. The first-order valence-corrected chi connectivity index (χ1v) is 8.09. The number of thiocarbonyl (C=S) groups is 1. The second kappa shape index (κ2) is 7.66. The van der Waals surface area contributed by atoms with Gasteiger partial charge in [0.05, 0.1) is 11.8 Å².